The van der Waals surface area contributed by atoms with E-state index in [9.17, 15) is 0 Å². The van der Waals surface area contributed by atoms with Gasteiger partial charge in [-0.3, -0.25) is 4.57 Å². The zero-order valence-corrected chi connectivity index (χ0v) is 12.7. The Bertz CT molecular complexity index is 579. The highest BCUT2D eigenvalue weighted by Gasteiger charge is 2.26. The Morgan fingerprint density at radius 1 is 1.29 bits per heavy atom. The van der Waals surface area contributed by atoms with Crippen molar-refractivity contribution in [3.63, 3.8) is 0 Å². The van der Waals surface area contributed by atoms with Crippen molar-refractivity contribution in [2.75, 3.05) is 7.11 Å². The fraction of sp³-hybridized carbons (Fsp3) is 0.471. The van der Waals surface area contributed by atoms with Crippen LogP contribution in [0.5, 0.6) is 0 Å². The minimum atomic E-state index is 0.346. The van der Waals surface area contributed by atoms with Crippen molar-refractivity contribution < 1.29 is 4.74 Å². The predicted molar refractivity (Wildman–Crippen MR) is 83.6 cm³/mol. The van der Waals surface area contributed by atoms with E-state index < -0.39 is 0 Å². The van der Waals surface area contributed by atoms with Gasteiger partial charge in [-0.15, -0.1) is 0 Å². The number of nitrogens with zero attached hydrogens (tertiary/aromatic N) is 2. The quantitative estimate of drug-likeness (QED) is 0.918. The summed E-state index contributed by atoms with van der Waals surface area (Å²) >= 11 is 0. The number of aryl methyl sites for hydroxylation is 1. The van der Waals surface area contributed by atoms with Crippen LogP contribution in [-0.2, 0) is 11.3 Å². The normalized spacial score (nSPS) is 21.8. The maximum atomic E-state index is 5.55. The molecule has 1 aromatic heterocycles. The van der Waals surface area contributed by atoms with Crippen LogP contribution >= 0.6 is 0 Å². The molecule has 0 spiro atoms. The van der Waals surface area contributed by atoms with Crippen molar-refractivity contribution in [1.29, 1.82) is 0 Å². The van der Waals surface area contributed by atoms with Crippen LogP contribution in [0, 0.1) is 6.92 Å². The largest absolute Gasteiger partial charge is 0.380 e. The number of nitrogens with one attached hydrogen (secondary N) is 1. The van der Waals surface area contributed by atoms with Gasteiger partial charge in [0.1, 0.15) is 5.82 Å². The molecule has 1 aliphatic rings. The molecule has 4 heteroatoms. The fourth-order valence-corrected chi connectivity index (χ4v) is 3.22. The molecule has 0 saturated heterocycles. The van der Waals surface area contributed by atoms with E-state index in [2.05, 4.69) is 39.1 Å². The molecule has 1 aliphatic carbocycles. The molecule has 2 unspecified atom stereocenters. The smallest absolute Gasteiger partial charge is 0.110 e. The molecular formula is C17H23N3O. The second-order valence-corrected chi connectivity index (χ2v) is 5.66. The van der Waals surface area contributed by atoms with E-state index in [4.69, 9.17) is 4.74 Å². The first-order chi connectivity index (χ1) is 10.3. The van der Waals surface area contributed by atoms with Gasteiger partial charge < -0.3 is 10.1 Å². The molecule has 0 bridgehead atoms. The summed E-state index contributed by atoms with van der Waals surface area (Å²) < 4.78 is 7.76. The summed E-state index contributed by atoms with van der Waals surface area (Å²) in [5.74, 6) is 1.02. The highest BCUT2D eigenvalue weighted by atomic mass is 16.5. The lowest BCUT2D eigenvalue weighted by molar-refractivity contribution is 0.0846. The summed E-state index contributed by atoms with van der Waals surface area (Å²) in [6, 6.07) is 10.8. The molecular weight excluding hydrogens is 262 g/mol. The maximum absolute atomic E-state index is 5.55. The van der Waals surface area contributed by atoms with Crippen LogP contribution in [0.1, 0.15) is 30.8 Å². The third-order valence-corrected chi connectivity index (χ3v) is 4.33. The Labute approximate surface area is 126 Å². The maximum Gasteiger partial charge on any atom is 0.110 e. The first-order valence-electron chi connectivity index (χ1n) is 7.64. The molecule has 0 amide bonds. The minimum absolute atomic E-state index is 0.346. The second-order valence-electron chi connectivity index (χ2n) is 5.66. The zero-order valence-electron chi connectivity index (χ0n) is 12.7. The summed E-state index contributed by atoms with van der Waals surface area (Å²) in [6.45, 7) is 2.87. The van der Waals surface area contributed by atoms with Crippen molar-refractivity contribution in [3.8, 4) is 5.69 Å². The van der Waals surface area contributed by atoms with Crippen LogP contribution in [0.15, 0.2) is 36.5 Å². The molecule has 1 fully saturated rings. The summed E-state index contributed by atoms with van der Waals surface area (Å²) in [7, 11) is 1.81. The van der Waals surface area contributed by atoms with E-state index in [1.54, 1.807) is 0 Å². The van der Waals surface area contributed by atoms with E-state index >= 15 is 0 Å². The zero-order chi connectivity index (χ0) is 14.7. The average molecular weight is 285 g/mol. The Morgan fingerprint density at radius 3 is 2.86 bits per heavy atom. The number of rotatable bonds is 5. The van der Waals surface area contributed by atoms with E-state index in [-0.39, 0.29) is 0 Å². The Kier molecular flexibility index (Phi) is 4.36. The summed E-state index contributed by atoms with van der Waals surface area (Å²) in [4.78, 5) is 4.47. The lowest BCUT2D eigenvalue weighted by Crippen LogP contribution is -2.36. The molecule has 112 valence electrons. The number of para-hydroxylation sites is 1. The fourth-order valence-electron chi connectivity index (χ4n) is 3.22. The van der Waals surface area contributed by atoms with Gasteiger partial charge in [-0.2, -0.15) is 0 Å². The van der Waals surface area contributed by atoms with Crippen molar-refractivity contribution in [2.24, 2.45) is 0 Å². The van der Waals surface area contributed by atoms with Gasteiger partial charge in [-0.1, -0.05) is 18.2 Å². The van der Waals surface area contributed by atoms with Crippen LogP contribution in [0.25, 0.3) is 5.69 Å². The summed E-state index contributed by atoms with van der Waals surface area (Å²) in [5.41, 5.74) is 2.36. The van der Waals surface area contributed by atoms with Gasteiger partial charge in [-0.05, 0) is 38.3 Å². The van der Waals surface area contributed by atoms with Gasteiger partial charge in [0.05, 0.1) is 18.0 Å². The first kappa shape index (κ1) is 14.3. The highest BCUT2D eigenvalue weighted by Crippen LogP contribution is 2.22. The first-order valence-corrected chi connectivity index (χ1v) is 7.64. The Hall–Kier alpha value is -1.65. The predicted octanol–water partition coefficient (Wildman–Crippen LogP) is 2.84. The van der Waals surface area contributed by atoms with E-state index in [0.717, 1.165) is 18.8 Å². The lowest BCUT2D eigenvalue weighted by Gasteiger charge is -2.20. The van der Waals surface area contributed by atoms with Gasteiger partial charge in [0.25, 0.3) is 0 Å². The molecule has 1 saturated carbocycles. The number of benzene rings is 1. The Balaban J connectivity index is 1.75. The SMILES string of the molecule is COC1CCCC1NCc1cnc(C)n1-c1ccccc1. The number of methoxy groups -OCH3 is 1. The Morgan fingerprint density at radius 2 is 2.10 bits per heavy atom. The summed E-state index contributed by atoms with van der Waals surface area (Å²) in [5, 5.41) is 3.64. The highest BCUT2D eigenvalue weighted by molar-refractivity contribution is 5.35. The molecule has 0 radical (unpaired) electrons. The van der Waals surface area contributed by atoms with Gasteiger partial charge in [0.2, 0.25) is 0 Å². The van der Waals surface area contributed by atoms with Gasteiger partial charge in [0, 0.05) is 25.4 Å². The molecule has 2 aromatic rings. The number of imidazole rings is 1. The number of hydrogen-bond acceptors (Lipinski definition) is 3. The third-order valence-electron chi connectivity index (χ3n) is 4.33. The minimum Gasteiger partial charge on any atom is -0.380 e. The van der Waals surface area contributed by atoms with Crippen LogP contribution in [0.3, 0.4) is 0 Å². The standard InChI is InChI=1S/C17H23N3O/c1-13-18-11-15(20(13)14-7-4-3-5-8-14)12-19-16-9-6-10-17(16)21-2/h3-5,7-8,11,16-17,19H,6,9-10,12H2,1-2H3. The summed E-state index contributed by atoms with van der Waals surface area (Å²) in [6.07, 6.45) is 5.90. The molecule has 2 atom stereocenters. The van der Waals surface area contributed by atoms with Crippen molar-refractivity contribution >= 4 is 0 Å². The number of aromatic nitrogens is 2. The molecule has 3 rings (SSSR count). The molecule has 1 aromatic carbocycles. The van der Waals surface area contributed by atoms with Crippen LogP contribution < -0.4 is 5.32 Å². The van der Waals surface area contributed by atoms with Crippen molar-refractivity contribution in [1.82, 2.24) is 14.9 Å². The number of hydrogen-bond donors (Lipinski definition) is 1. The van der Waals surface area contributed by atoms with Gasteiger partial charge >= 0.3 is 0 Å². The molecule has 1 heterocycles. The topological polar surface area (TPSA) is 39.1 Å². The van der Waals surface area contributed by atoms with Crippen LogP contribution in [0.2, 0.25) is 0 Å². The second kappa shape index (κ2) is 6.41. The van der Waals surface area contributed by atoms with E-state index in [1.807, 2.05) is 26.3 Å². The van der Waals surface area contributed by atoms with Gasteiger partial charge in [0.15, 0.2) is 0 Å². The average Bonchev–Trinajstić information content (AvgIpc) is 3.12. The van der Waals surface area contributed by atoms with Crippen molar-refractivity contribution in [2.45, 2.75) is 44.9 Å². The van der Waals surface area contributed by atoms with Gasteiger partial charge in [-0.25, -0.2) is 4.98 Å². The molecule has 1 N–H and O–H groups in total. The monoisotopic (exact) mass is 285 g/mol. The lowest BCUT2D eigenvalue weighted by atomic mass is 10.2. The molecule has 0 aliphatic heterocycles. The van der Waals surface area contributed by atoms with Crippen LogP contribution in [0.4, 0.5) is 0 Å². The van der Waals surface area contributed by atoms with E-state index in [0.29, 0.717) is 12.1 Å². The van der Waals surface area contributed by atoms with E-state index in [1.165, 1.54) is 24.2 Å². The van der Waals surface area contributed by atoms with Crippen LogP contribution in [-0.4, -0.2) is 28.8 Å². The third kappa shape index (κ3) is 3.01. The number of ether oxygens (including phenoxy) is 1. The van der Waals surface area contributed by atoms with Crippen molar-refractivity contribution in [3.05, 3.63) is 48.0 Å². The molecule has 21 heavy (non-hydrogen) atoms. The molecule has 4 nitrogen and oxygen atoms in total.